The van der Waals surface area contributed by atoms with Gasteiger partial charge in [0.05, 0.1) is 17.3 Å². The number of rotatable bonds is 8. The van der Waals surface area contributed by atoms with Crippen molar-refractivity contribution in [3.8, 4) is 22.3 Å². The van der Waals surface area contributed by atoms with Gasteiger partial charge in [-0.15, -0.1) is 0 Å². The van der Waals surface area contributed by atoms with Crippen molar-refractivity contribution in [3.63, 3.8) is 0 Å². The number of likely N-dealkylation sites (tertiary alicyclic amines) is 1. The van der Waals surface area contributed by atoms with Gasteiger partial charge in [-0.3, -0.25) is 9.69 Å². The van der Waals surface area contributed by atoms with Crippen LogP contribution in [0.25, 0.3) is 33.8 Å². The van der Waals surface area contributed by atoms with E-state index >= 15 is 0 Å². The Bertz CT molecular complexity index is 1690. The molecule has 1 fully saturated rings. The Morgan fingerprint density at radius 3 is 2.48 bits per heavy atom. The highest BCUT2D eigenvalue weighted by atomic mass is 16.1. The van der Waals surface area contributed by atoms with E-state index in [1.165, 1.54) is 46.2 Å². The highest BCUT2D eigenvalue weighted by Crippen LogP contribution is 2.52. The lowest BCUT2D eigenvalue weighted by Crippen LogP contribution is -2.58. The molecular formula is C38H45N3O. The third-order valence-corrected chi connectivity index (χ3v) is 10.4. The number of benzene rings is 2. The number of carbonyl (C=O) groups excluding carboxylic acids is 1. The van der Waals surface area contributed by atoms with E-state index < -0.39 is 0 Å². The van der Waals surface area contributed by atoms with Crippen LogP contribution >= 0.6 is 0 Å². The first-order valence-corrected chi connectivity index (χ1v) is 15.6. The van der Waals surface area contributed by atoms with Crippen LogP contribution in [-0.4, -0.2) is 38.4 Å². The molecule has 0 N–H and O–H groups in total. The molecule has 0 amide bonds. The lowest BCUT2D eigenvalue weighted by Gasteiger charge is -2.54. The van der Waals surface area contributed by atoms with Crippen LogP contribution in [0.1, 0.15) is 105 Å². The molecule has 1 aliphatic carbocycles. The van der Waals surface area contributed by atoms with Crippen LogP contribution < -0.4 is 0 Å². The van der Waals surface area contributed by atoms with Crippen molar-refractivity contribution in [2.75, 3.05) is 7.05 Å². The maximum absolute atomic E-state index is 13.5. The zero-order chi connectivity index (χ0) is 30.0. The standard InChI is InChI=1S/C38H45N3O/c1-9-27-13-14-29(19-24(27)2)36-31(16-15-30-25(3)35(30)36)28-17-18-41-33(20-28)32(23-39-41)34(42)12-10-11-26-21-37(4,5)40(8)38(6,7)22-26/h9,13-20,23,25-26H,1,10-12,21-22H2,2-8H3. The molecular weight excluding hydrogens is 514 g/mol. The summed E-state index contributed by atoms with van der Waals surface area (Å²) in [5.74, 6) is 1.31. The van der Waals surface area contributed by atoms with Gasteiger partial charge in [-0.25, -0.2) is 4.52 Å². The van der Waals surface area contributed by atoms with Crippen molar-refractivity contribution in [1.82, 2.24) is 14.5 Å². The quantitative estimate of drug-likeness (QED) is 0.202. The number of Topliss-reactive ketones (excluding diaryl/α,β-unsaturated/α-hetero) is 1. The van der Waals surface area contributed by atoms with Crippen molar-refractivity contribution >= 4 is 17.4 Å². The number of piperidine rings is 1. The highest BCUT2D eigenvalue weighted by molar-refractivity contribution is 6.03. The van der Waals surface area contributed by atoms with Crippen LogP contribution in [0.4, 0.5) is 0 Å². The minimum Gasteiger partial charge on any atom is -0.296 e. The maximum Gasteiger partial charge on any atom is 0.166 e. The molecule has 0 bridgehead atoms. The molecule has 1 aliphatic heterocycles. The highest BCUT2D eigenvalue weighted by Gasteiger charge is 2.42. The largest absolute Gasteiger partial charge is 0.296 e. The zero-order valence-electron chi connectivity index (χ0n) is 26.4. The van der Waals surface area contributed by atoms with E-state index in [4.69, 9.17) is 0 Å². The summed E-state index contributed by atoms with van der Waals surface area (Å²) in [6, 6.07) is 15.5. The SMILES string of the molecule is C=Cc1ccc(-c2c(-c3ccn4ncc(C(=O)CCCC5CC(C)(C)N(C)C(C)(C)C5)c4c3)ccc3c2C3C)cc1C. The fourth-order valence-electron chi connectivity index (χ4n) is 7.80. The maximum atomic E-state index is 13.5. The van der Waals surface area contributed by atoms with E-state index in [2.05, 4.69) is 108 Å². The Labute approximate surface area is 251 Å². The van der Waals surface area contributed by atoms with Crippen LogP contribution in [0.15, 0.2) is 61.4 Å². The molecule has 2 aromatic carbocycles. The van der Waals surface area contributed by atoms with E-state index in [9.17, 15) is 4.79 Å². The summed E-state index contributed by atoms with van der Waals surface area (Å²) in [5, 5.41) is 4.55. The number of aromatic nitrogens is 2. The van der Waals surface area contributed by atoms with Crippen LogP contribution in [0.5, 0.6) is 0 Å². The van der Waals surface area contributed by atoms with Gasteiger partial charge < -0.3 is 0 Å². The normalized spacial score (nSPS) is 19.5. The number of hydrogen-bond donors (Lipinski definition) is 0. The molecule has 218 valence electrons. The van der Waals surface area contributed by atoms with Gasteiger partial charge in [-0.1, -0.05) is 49.9 Å². The number of hydrogen-bond acceptors (Lipinski definition) is 3. The van der Waals surface area contributed by atoms with Crippen molar-refractivity contribution in [1.29, 1.82) is 0 Å². The average molecular weight is 560 g/mol. The summed E-state index contributed by atoms with van der Waals surface area (Å²) in [5.41, 5.74) is 12.1. The average Bonchev–Trinajstić information content (AvgIpc) is 3.40. The Morgan fingerprint density at radius 2 is 1.79 bits per heavy atom. The first-order chi connectivity index (χ1) is 19.9. The fraction of sp³-hybridized carbons (Fsp3) is 0.421. The van der Waals surface area contributed by atoms with Gasteiger partial charge >= 0.3 is 0 Å². The first kappa shape index (κ1) is 28.6. The van der Waals surface area contributed by atoms with Gasteiger partial charge in [0, 0.05) is 29.6 Å². The molecule has 2 aromatic heterocycles. The van der Waals surface area contributed by atoms with Crippen molar-refractivity contribution in [2.24, 2.45) is 5.92 Å². The molecule has 3 heterocycles. The Morgan fingerprint density at radius 1 is 1.05 bits per heavy atom. The minimum atomic E-state index is 0.178. The molecule has 4 heteroatoms. The van der Waals surface area contributed by atoms with Crippen molar-refractivity contribution in [2.45, 2.75) is 90.6 Å². The van der Waals surface area contributed by atoms with E-state index in [1.54, 1.807) is 6.20 Å². The van der Waals surface area contributed by atoms with Crippen molar-refractivity contribution < 1.29 is 4.79 Å². The van der Waals surface area contributed by atoms with Crippen LogP contribution in [-0.2, 0) is 0 Å². The second-order valence-electron chi connectivity index (χ2n) is 14.1. The van der Waals surface area contributed by atoms with E-state index in [1.807, 2.05) is 16.8 Å². The topological polar surface area (TPSA) is 37.6 Å². The first-order valence-electron chi connectivity index (χ1n) is 15.6. The Hall–Kier alpha value is -3.50. The Balaban J connectivity index is 1.25. The van der Waals surface area contributed by atoms with Crippen LogP contribution in [0.3, 0.4) is 0 Å². The van der Waals surface area contributed by atoms with Gasteiger partial charge in [0.15, 0.2) is 5.78 Å². The van der Waals surface area contributed by atoms with Gasteiger partial charge in [0.1, 0.15) is 0 Å². The number of fused-ring (bicyclic) bond motifs is 2. The summed E-state index contributed by atoms with van der Waals surface area (Å²) >= 11 is 0. The van der Waals surface area contributed by atoms with Crippen LogP contribution in [0, 0.1) is 12.8 Å². The van der Waals surface area contributed by atoms with Gasteiger partial charge in [0.2, 0.25) is 0 Å². The molecule has 2 aliphatic rings. The minimum absolute atomic E-state index is 0.178. The fourth-order valence-corrected chi connectivity index (χ4v) is 7.80. The molecule has 1 atom stereocenters. The number of ketones is 1. The lowest BCUT2D eigenvalue weighted by atomic mass is 9.72. The molecule has 4 aromatic rings. The van der Waals surface area contributed by atoms with E-state index in [0.717, 1.165) is 35.0 Å². The van der Waals surface area contributed by atoms with E-state index in [0.29, 0.717) is 18.3 Å². The number of carbonyl (C=O) groups is 1. The summed E-state index contributed by atoms with van der Waals surface area (Å²) in [6.45, 7) is 17.8. The van der Waals surface area contributed by atoms with Crippen LogP contribution in [0.2, 0.25) is 0 Å². The van der Waals surface area contributed by atoms with E-state index in [-0.39, 0.29) is 16.9 Å². The van der Waals surface area contributed by atoms with Gasteiger partial charge in [0.25, 0.3) is 0 Å². The second kappa shape index (κ2) is 10.3. The van der Waals surface area contributed by atoms with Gasteiger partial charge in [-0.2, -0.15) is 5.10 Å². The molecule has 0 spiro atoms. The summed E-state index contributed by atoms with van der Waals surface area (Å²) in [6.07, 6.45) is 10.6. The van der Waals surface area contributed by atoms with Gasteiger partial charge in [-0.05, 0) is 130 Å². The number of nitrogens with zero attached hydrogens (tertiary/aromatic N) is 3. The molecule has 42 heavy (non-hydrogen) atoms. The summed E-state index contributed by atoms with van der Waals surface area (Å²) in [4.78, 5) is 16.1. The third-order valence-electron chi connectivity index (χ3n) is 10.4. The molecule has 4 nitrogen and oxygen atoms in total. The Kier molecular flexibility index (Phi) is 7.05. The zero-order valence-corrected chi connectivity index (χ0v) is 26.4. The smallest absolute Gasteiger partial charge is 0.166 e. The monoisotopic (exact) mass is 559 g/mol. The molecule has 1 saturated heterocycles. The number of aryl methyl sites for hydroxylation is 1. The van der Waals surface area contributed by atoms with Crippen molar-refractivity contribution in [3.05, 3.63) is 89.3 Å². The molecule has 6 rings (SSSR count). The molecule has 0 radical (unpaired) electrons. The lowest BCUT2D eigenvalue weighted by molar-refractivity contribution is -0.0319. The predicted molar refractivity (Wildman–Crippen MR) is 175 cm³/mol. The molecule has 1 unspecified atom stereocenters. The molecule has 0 saturated carbocycles. The predicted octanol–water partition coefficient (Wildman–Crippen LogP) is 9.34. The second-order valence-corrected chi connectivity index (χ2v) is 14.1. The number of pyridine rings is 1. The third kappa shape index (κ3) is 4.94. The summed E-state index contributed by atoms with van der Waals surface area (Å²) in [7, 11) is 2.25. The summed E-state index contributed by atoms with van der Waals surface area (Å²) < 4.78 is 1.85.